The van der Waals surface area contributed by atoms with Crippen LogP contribution in [0.4, 0.5) is 4.39 Å². The van der Waals surface area contributed by atoms with E-state index in [-0.39, 0.29) is 18.5 Å². The molecule has 2 N–H and O–H groups in total. The van der Waals surface area contributed by atoms with E-state index in [9.17, 15) is 14.3 Å². The van der Waals surface area contributed by atoms with Crippen LogP contribution in [0.15, 0.2) is 48.8 Å². The normalized spacial score (nSPS) is 19.6. The van der Waals surface area contributed by atoms with Crippen LogP contribution in [0.3, 0.4) is 0 Å². The number of amides is 1. The molecule has 2 fully saturated rings. The first-order chi connectivity index (χ1) is 23.7. The van der Waals surface area contributed by atoms with Gasteiger partial charge in [0.2, 0.25) is 17.7 Å². The molecule has 2 aliphatic rings. The van der Waals surface area contributed by atoms with Crippen molar-refractivity contribution in [3.63, 3.8) is 0 Å². The summed E-state index contributed by atoms with van der Waals surface area (Å²) >= 11 is 14.1. The zero-order valence-corrected chi connectivity index (χ0v) is 29.0. The molecule has 49 heavy (non-hydrogen) atoms. The lowest BCUT2D eigenvalue weighted by atomic mass is 9.95. The number of nitrogens with zero attached hydrogens (tertiary/aromatic N) is 5. The van der Waals surface area contributed by atoms with Gasteiger partial charge < -0.3 is 19.9 Å². The number of likely N-dealkylation sites (tertiary alicyclic amines) is 1. The van der Waals surface area contributed by atoms with Crippen molar-refractivity contribution in [1.82, 2.24) is 30.2 Å². The number of aliphatic hydroxyl groups is 1. The zero-order valence-electron chi connectivity index (χ0n) is 27.5. The van der Waals surface area contributed by atoms with Gasteiger partial charge in [0.25, 0.3) is 0 Å². The van der Waals surface area contributed by atoms with Crippen LogP contribution in [0.5, 0.6) is 11.8 Å². The van der Waals surface area contributed by atoms with Crippen LogP contribution in [-0.4, -0.2) is 81.5 Å². The molecular formula is C36H39Cl2FN6O4. The molecule has 2 aromatic heterocycles. The zero-order chi connectivity index (χ0) is 34.5. The van der Waals surface area contributed by atoms with E-state index in [0.717, 1.165) is 25.0 Å². The van der Waals surface area contributed by atoms with Crippen LogP contribution in [0.2, 0.25) is 10.0 Å². The average Bonchev–Trinajstić information content (AvgIpc) is 3.53. The minimum Gasteiger partial charge on any atom is -0.480 e. The van der Waals surface area contributed by atoms with Gasteiger partial charge in [-0.2, -0.15) is 0 Å². The van der Waals surface area contributed by atoms with E-state index in [1.807, 2.05) is 41.3 Å². The standard InChI is InChI=1S/C36H39Cl2FN6O4/c1-48-34-27(12-3-7-22-13-14-31(47)42-22)40-17-28(43-34)25-10-4-8-23(32(25)37)24-9-5-11-26(33(24)38)29-18-41-30(35(44-29)49-2)19-45-16-6-15-36(39,20-45)21-46/h4-5,8-11,17-18,22,46H,3,6-7,12-16,19-21H2,1-2H3,(H,42,47)/t22-,36?/m1/s1. The third-order valence-electron chi connectivity index (χ3n) is 9.16. The van der Waals surface area contributed by atoms with Crippen molar-refractivity contribution in [2.24, 2.45) is 0 Å². The molecule has 6 rings (SSSR count). The summed E-state index contributed by atoms with van der Waals surface area (Å²) in [6.45, 7) is 0.642. The Hall–Kier alpha value is -3.90. The Morgan fingerprint density at radius 3 is 2.12 bits per heavy atom. The van der Waals surface area contributed by atoms with E-state index >= 15 is 0 Å². The predicted molar refractivity (Wildman–Crippen MR) is 187 cm³/mol. The number of carbonyl (C=O) groups excluding carboxylic acids is 1. The Balaban J connectivity index is 1.23. The average molecular weight is 710 g/mol. The van der Waals surface area contributed by atoms with Crippen LogP contribution in [0.25, 0.3) is 33.6 Å². The van der Waals surface area contributed by atoms with Gasteiger partial charge in [0.15, 0.2) is 0 Å². The molecule has 2 saturated heterocycles. The quantitative estimate of drug-likeness (QED) is 0.170. The van der Waals surface area contributed by atoms with Gasteiger partial charge in [-0.15, -0.1) is 0 Å². The number of ether oxygens (including phenoxy) is 2. The molecule has 0 saturated carbocycles. The molecule has 0 spiro atoms. The largest absolute Gasteiger partial charge is 0.480 e. The second-order valence-corrected chi connectivity index (χ2v) is 13.3. The number of aromatic nitrogens is 4. The number of hydrogen-bond acceptors (Lipinski definition) is 9. The second kappa shape index (κ2) is 15.3. The van der Waals surface area contributed by atoms with Gasteiger partial charge in [0, 0.05) is 47.8 Å². The maximum absolute atomic E-state index is 14.8. The van der Waals surface area contributed by atoms with Gasteiger partial charge in [-0.3, -0.25) is 19.7 Å². The summed E-state index contributed by atoms with van der Waals surface area (Å²) in [6, 6.07) is 11.5. The Labute approximate surface area is 295 Å². The van der Waals surface area contributed by atoms with Gasteiger partial charge in [0.1, 0.15) is 17.1 Å². The summed E-state index contributed by atoms with van der Waals surface area (Å²) in [5, 5.41) is 13.4. The number of halogens is 3. The summed E-state index contributed by atoms with van der Waals surface area (Å²) in [5.74, 6) is 0.866. The Morgan fingerprint density at radius 2 is 1.55 bits per heavy atom. The molecule has 0 bridgehead atoms. The van der Waals surface area contributed by atoms with Gasteiger partial charge in [-0.25, -0.2) is 14.4 Å². The highest BCUT2D eigenvalue weighted by atomic mass is 35.5. The van der Waals surface area contributed by atoms with Gasteiger partial charge in [0.05, 0.1) is 54.7 Å². The van der Waals surface area contributed by atoms with Crippen molar-refractivity contribution in [2.75, 3.05) is 33.9 Å². The maximum atomic E-state index is 14.8. The number of methoxy groups -OCH3 is 2. The van der Waals surface area contributed by atoms with Crippen LogP contribution in [0.1, 0.15) is 49.9 Å². The molecule has 4 heterocycles. The molecular weight excluding hydrogens is 670 g/mol. The molecule has 258 valence electrons. The molecule has 10 nitrogen and oxygen atoms in total. The highest BCUT2D eigenvalue weighted by Gasteiger charge is 2.35. The number of benzene rings is 2. The van der Waals surface area contributed by atoms with Crippen molar-refractivity contribution in [2.45, 2.75) is 63.2 Å². The van der Waals surface area contributed by atoms with E-state index in [0.29, 0.717) is 99.9 Å². The molecule has 2 aliphatic heterocycles. The van der Waals surface area contributed by atoms with Crippen molar-refractivity contribution in [1.29, 1.82) is 0 Å². The number of piperidine rings is 1. The SMILES string of the molecule is COc1nc(-c2cccc(-c3cccc(-c4cnc(CN5CCCC(F)(CO)C5)c(OC)n4)c3Cl)c2Cl)cnc1CCC[C@@H]1CCC(=O)N1. The van der Waals surface area contributed by atoms with Crippen LogP contribution in [0, 0.1) is 0 Å². The fourth-order valence-corrected chi connectivity index (χ4v) is 7.25. The smallest absolute Gasteiger partial charge is 0.237 e. The van der Waals surface area contributed by atoms with Crippen LogP contribution in [-0.2, 0) is 17.8 Å². The van der Waals surface area contributed by atoms with E-state index in [1.165, 1.54) is 7.11 Å². The van der Waals surface area contributed by atoms with Crippen molar-refractivity contribution >= 4 is 29.1 Å². The minimum atomic E-state index is -1.62. The summed E-state index contributed by atoms with van der Waals surface area (Å²) < 4.78 is 26.0. The fraction of sp³-hybridized carbons (Fsp3) is 0.417. The van der Waals surface area contributed by atoms with E-state index < -0.39 is 12.3 Å². The molecule has 2 aromatic carbocycles. The molecule has 2 atom stereocenters. The van der Waals surface area contributed by atoms with E-state index in [1.54, 1.807) is 19.5 Å². The molecule has 4 aromatic rings. The molecule has 13 heteroatoms. The Bertz CT molecular complexity index is 1830. The minimum absolute atomic E-state index is 0.114. The number of nitrogens with one attached hydrogen (secondary N) is 1. The van der Waals surface area contributed by atoms with E-state index in [4.69, 9.17) is 42.6 Å². The maximum Gasteiger partial charge on any atom is 0.237 e. The van der Waals surface area contributed by atoms with E-state index in [2.05, 4.69) is 15.3 Å². The highest BCUT2D eigenvalue weighted by Crippen LogP contribution is 2.42. The second-order valence-electron chi connectivity index (χ2n) is 12.6. The van der Waals surface area contributed by atoms with Crippen LogP contribution >= 0.6 is 23.2 Å². The first kappa shape index (κ1) is 34.9. The van der Waals surface area contributed by atoms with Crippen molar-refractivity contribution in [3.05, 3.63) is 70.2 Å². The predicted octanol–water partition coefficient (Wildman–Crippen LogP) is 6.49. The van der Waals surface area contributed by atoms with Gasteiger partial charge >= 0.3 is 0 Å². The molecule has 1 unspecified atom stereocenters. The topological polar surface area (TPSA) is 123 Å². The third-order valence-corrected chi connectivity index (χ3v) is 9.98. The molecule has 0 aliphatic carbocycles. The fourth-order valence-electron chi connectivity index (χ4n) is 6.60. The number of aryl methyl sites for hydroxylation is 1. The molecule has 1 amide bonds. The number of carbonyl (C=O) groups is 1. The highest BCUT2D eigenvalue weighted by molar-refractivity contribution is 6.39. The summed E-state index contributed by atoms with van der Waals surface area (Å²) in [6.07, 6.45) is 8.16. The lowest BCUT2D eigenvalue weighted by molar-refractivity contribution is -0.119. The van der Waals surface area contributed by atoms with Crippen molar-refractivity contribution in [3.8, 4) is 45.4 Å². The summed E-state index contributed by atoms with van der Waals surface area (Å²) in [4.78, 5) is 32.2. The first-order valence-corrected chi connectivity index (χ1v) is 17.2. The van der Waals surface area contributed by atoms with Crippen LogP contribution < -0.4 is 14.8 Å². The first-order valence-electron chi connectivity index (χ1n) is 16.4. The lowest BCUT2D eigenvalue weighted by Gasteiger charge is -2.36. The monoisotopic (exact) mass is 708 g/mol. The van der Waals surface area contributed by atoms with Crippen molar-refractivity contribution < 1.29 is 23.8 Å². The molecule has 0 radical (unpaired) electrons. The third kappa shape index (κ3) is 7.80. The summed E-state index contributed by atoms with van der Waals surface area (Å²) in [5.41, 5.74) is 3.48. The number of hydrogen-bond donors (Lipinski definition) is 2. The number of alkyl halides is 1. The van der Waals surface area contributed by atoms with Gasteiger partial charge in [-0.1, -0.05) is 59.6 Å². The number of aliphatic hydroxyl groups excluding tert-OH is 1. The Kier molecular flexibility index (Phi) is 10.9. The summed E-state index contributed by atoms with van der Waals surface area (Å²) in [7, 11) is 3.09. The lowest BCUT2D eigenvalue weighted by Crippen LogP contribution is -2.47. The van der Waals surface area contributed by atoms with Gasteiger partial charge in [-0.05, 0) is 45.1 Å². The number of rotatable bonds is 12. The Morgan fingerprint density at radius 1 is 0.959 bits per heavy atom.